The number of nitrogens with zero attached hydrogens (tertiary/aromatic N) is 1. The molecule has 2 atom stereocenters. The SMILES string of the molecule is COC1CC(O)(C2(C#N)CCCC(C)C2)C1. The summed E-state index contributed by atoms with van der Waals surface area (Å²) in [5.74, 6) is 0.555. The van der Waals surface area contributed by atoms with Crippen molar-refractivity contribution in [3.8, 4) is 6.07 Å². The zero-order valence-electron chi connectivity index (χ0n) is 10.2. The van der Waals surface area contributed by atoms with Crippen molar-refractivity contribution in [3.05, 3.63) is 0 Å². The van der Waals surface area contributed by atoms with Crippen LogP contribution in [0.3, 0.4) is 0 Å². The Labute approximate surface area is 97.4 Å². The molecule has 0 saturated heterocycles. The molecular formula is C13H21NO2. The first-order chi connectivity index (χ1) is 7.55. The summed E-state index contributed by atoms with van der Waals surface area (Å²) < 4.78 is 5.22. The highest BCUT2D eigenvalue weighted by molar-refractivity contribution is 5.18. The average Bonchev–Trinajstić information content (AvgIpc) is 2.24. The van der Waals surface area contributed by atoms with Crippen molar-refractivity contribution in [3.63, 3.8) is 0 Å². The van der Waals surface area contributed by atoms with Gasteiger partial charge in [-0.25, -0.2) is 0 Å². The Bertz CT molecular complexity index is 304. The van der Waals surface area contributed by atoms with Crippen molar-refractivity contribution in [1.82, 2.24) is 0 Å². The van der Waals surface area contributed by atoms with Gasteiger partial charge in [-0.1, -0.05) is 19.8 Å². The Morgan fingerprint density at radius 1 is 1.38 bits per heavy atom. The Hall–Kier alpha value is -0.590. The molecule has 0 radical (unpaired) electrons. The van der Waals surface area contributed by atoms with Crippen LogP contribution >= 0.6 is 0 Å². The summed E-state index contributed by atoms with van der Waals surface area (Å²) in [6, 6.07) is 2.43. The van der Waals surface area contributed by atoms with Crippen LogP contribution in [0.2, 0.25) is 0 Å². The molecule has 0 heterocycles. The molecule has 1 N–H and O–H groups in total. The monoisotopic (exact) mass is 223 g/mol. The molecule has 3 heteroatoms. The van der Waals surface area contributed by atoms with Gasteiger partial charge >= 0.3 is 0 Å². The summed E-state index contributed by atoms with van der Waals surface area (Å²) in [5.41, 5.74) is -1.31. The Kier molecular flexibility index (Phi) is 2.98. The lowest BCUT2D eigenvalue weighted by Crippen LogP contribution is -2.60. The van der Waals surface area contributed by atoms with Crippen LogP contribution in [0.25, 0.3) is 0 Å². The van der Waals surface area contributed by atoms with Crippen LogP contribution in [0.1, 0.15) is 45.4 Å². The van der Waals surface area contributed by atoms with Crippen molar-refractivity contribution in [1.29, 1.82) is 5.26 Å². The molecular weight excluding hydrogens is 202 g/mol. The third-order valence-electron chi connectivity index (χ3n) is 4.57. The van der Waals surface area contributed by atoms with Gasteiger partial charge < -0.3 is 9.84 Å². The molecule has 0 amide bonds. The van der Waals surface area contributed by atoms with Gasteiger partial charge in [0, 0.05) is 20.0 Å². The second-order valence-corrected chi connectivity index (χ2v) is 5.69. The molecule has 0 aliphatic heterocycles. The molecule has 2 fully saturated rings. The highest BCUT2D eigenvalue weighted by atomic mass is 16.5. The van der Waals surface area contributed by atoms with Gasteiger partial charge in [-0.05, 0) is 18.8 Å². The molecule has 2 saturated carbocycles. The fourth-order valence-electron chi connectivity index (χ4n) is 3.43. The number of rotatable bonds is 2. The summed E-state index contributed by atoms with van der Waals surface area (Å²) in [6.07, 6.45) is 5.35. The van der Waals surface area contributed by atoms with E-state index in [2.05, 4.69) is 13.0 Å². The normalized spacial score (nSPS) is 48.1. The highest BCUT2D eigenvalue weighted by Gasteiger charge is 2.59. The Morgan fingerprint density at radius 2 is 2.06 bits per heavy atom. The van der Waals surface area contributed by atoms with E-state index in [0.717, 1.165) is 19.3 Å². The number of ether oxygens (including phenoxy) is 1. The first-order valence-corrected chi connectivity index (χ1v) is 6.22. The van der Waals surface area contributed by atoms with Gasteiger partial charge in [0.1, 0.15) is 0 Å². The van der Waals surface area contributed by atoms with Gasteiger partial charge in [0.25, 0.3) is 0 Å². The van der Waals surface area contributed by atoms with E-state index < -0.39 is 11.0 Å². The second kappa shape index (κ2) is 4.01. The molecule has 0 aromatic rings. The Balaban J connectivity index is 2.13. The summed E-state index contributed by atoms with van der Waals surface area (Å²) in [5, 5.41) is 20.1. The fourth-order valence-corrected chi connectivity index (χ4v) is 3.43. The average molecular weight is 223 g/mol. The maximum Gasteiger partial charge on any atom is 0.0882 e. The minimum atomic E-state index is -0.795. The minimum Gasteiger partial charge on any atom is -0.388 e. The van der Waals surface area contributed by atoms with Gasteiger partial charge in [-0.2, -0.15) is 5.26 Å². The highest BCUT2D eigenvalue weighted by Crippen LogP contribution is 2.55. The number of hydrogen-bond acceptors (Lipinski definition) is 3. The Morgan fingerprint density at radius 3 is 2.56 bits per heavy atom. The largest absolute Gasteiger partial charge is 0.388 e. The zero-order chi connectivity index (χ0) is 11.8. The smallest absolute Gasteiger partial charge is 0.0882 e. The van der Waals surface area contributed by atoms with E-state index in [1.54, 1.807) is 7.11 Å². The third kappa shape index (κ3) is 1.65. The van der Waals surface area contributed by atoms with Gasteiger partial charge in [0.2, 0.25) is 0 Å². The number of aliphatic hydroxyl groups is 1. The van der Waals surface area contributed by atoms with Crippen LogP contribution in [0.15, 0.2) is 0 Å². The quantitative estimate of drug-likeness (QED) is 0.781. The molecule has 90 valence electrons. The topological polar surface area (TPSA) is 53.2 Å². The predicted octanol–water partition coefficient (Wildman–Crippen LogP) is 2.25. The van der Waals surface area contributed by atoms with Gasteiger partial charge in [-0.15, -0.1) is 0 Å². The molecule has 0 spiro atoms. The van der Waals surface area contributed by atoms with E-state index in [9.17, 15) is 10.4 Å². The molecule has 2 unspecified atom stereocenters. The van der Waals surface area contributed by atoms with E-state index in [0.29, 0.717) is 18.8 Å². The van der Waals surface area contributed by atoms with Crippen LogP contribution in [0, 0.1) is 22.7 Å². The van der Waals surface area contributed by atoms with E-state index in [-0.39, 0.29) is 6.10 Å². The van der Waals surface area contributed by atoms with Crippen LogP contribution in [0.5, 0.6) is 0 Å². The van der Waals surface area contributed by atoms with E-state index >= 15 is 0 Å². The maximum atomic E-state index is 10.6. The van der Waals surface area contributed by atoms with E-state index in [4.69, 9.17) is 4.74 Å². The number of nitriles is 1. The van der Waals surface area contributed by atoms with Gasteiger partial charge in [0.15, 0.2) is 0 Å². The summed E-state index contributed by atoms with van der Waals surface area (Å²) in [6.45, 7) is 2.18. The van der Waals surface area contributed by atoms with Crippen molar-refractivity contribution in [2.24, 2.45) is 11.3 Å². The summed E-state index contributed by atoms with van der Waals surface area (Å²) >= 11 is 0. The molecule has 0 bridgehead atoms. The predicted molar refractivity (Wildman–Crippen MR) is 60.7 cm³/mol. The first-order valence-electron chi connectivity index (χ1n) is 6.22. The fraction of sp³-hybridized carbons (Fsp3) is 0.923. The summed E-state index contributed by atoms with van der Waals surface area (Å²) in [4.78, 5) is 0. The molecule has 0 aromatic carbocycles. The zero-order valence-corrected chi connectivity index (χ0v) is 10.2. The van der Waals surface area contributed by atoms with Crippen LogP contribution in [-0.2, 0) is 4.74 Å². The van der Waals surface area contributed by atoms with Crippen molar-refractivity contribution >= 4 is 0 Å². The van der Waals surface area contributed by atoms with Crippen LogP contribution < -0.4 is 0 Å². The second-order valence-electron chi connectivity index (χ2n) is 5.69. The first kappa shape index (κ1) is 11.9. The van der Waals surface area contributed by atoms with Crippen molar-refractivity contribution in [2.75, 3.05) is 7.11 Å². The van der Waals surface area contributed by atoms with Gasteiger partial charge in [0.05, 0.1) is 23.2 Å². The standard InChI is InChI=1S/C13H21NO2/c1-10-4-3-5-12(6-10,9-14)13(15)7-11(8-13)16-2/h10-11,15H,3-8H2,1-2H3. The minimum absolute atomic E-state index is 0.146. The molecule has 0 aromatic heterocycles. The lowest BCUT2D eigenvalue weighted by atomic mass is 9.54. The number of methoxy groups -OCH3 is 1. The van der Waals surface area contributed by atoms with Gasteiger partial charge in [-0.3, -0.25) is 0 Å². The lowest BCUT2D eigenvalue weighted by molar-refractivity contribution is -0.191. The lowest BCUT2D eigenvalue weighted by Gasteiger charge is -2.54. The van der Waals surface area contributed by atoms with E-state index in [1.807, 2.05) is 0 Å². The third-order valence-corrected chi connectivity index (χ3v) is 4.57. The number of hydrogen-bond donors (Lipinski definition) is 1. The molecule has 2 rings (SSSR count). The molecule has 2 aliphatic rings. The van der Waals surface area contributed by atoms with Crippen molar-refractivity contribution in [2.45, 2.75) is 57.2 Å². The van der Waals surface area contributed by atoms with Crippen molar-refractivity contribution < 1.29 is 9.84 Å². The summed E-state index contributed by atoms with van der Waals surface area (Å²) in [7, 11) is 1.67. The molecule has 16 heavy (non-hydrogen) atoms. The van der Waals surface area contributed by atoms with Crippen LogP contribution in [-0.4, -0.2) is 23.9 Å². The van der Waals surface area contributed by atoms with E-state index in [1.165, 1.54) is 6.42 Å². The molecule has 2 aliphatic carbocycles. The molecule has 3 nitrogen and oxygen atoms in total. The van der Waals surface area contributed by atoms with Crippen LogP contribution in [0.4, 0.5) is 0 Å². The maximum absolute atomic E-state index is 10.6.